The molecular formula is C27H31FO2. The molecule has 0 amide bonds. The van der Waals surface area contributed by atoms with E-state index in [0.717, 1.165) is 23.1 Å². The van der Waals surface area contributed by atoms with Crippen molar-refractivity contribution in [2.45, 2.75) is 46.8 Å². The molecule has 0 radical (unpaired) electrons. The monoisotopic (exact) mass is 406 g/mol. The molecule has 0 aromatic heterocycles. The van der Waals surface area contributed by atoms with Gasteiger partial charge in [-0.25, -0.2) is 4.39 Å². The molecule has 0 spiro atoms. The Morgan fingerprint density at radius 3 is 2.23 bits per heavy atom. The summed E-state index contributed by atoms with van der Waals surface area (Å²) in [6.45, 7) is 9.11. The van der Waals surface area contributed by atoms with E-state index < -0.39 is 0 Å². The molecule has 2 nitrogen and oxygen atoms in total. The van der Waals surface area contributed by atoms with E-state index in [0.29, 0.717) is 17.9 Å². The van der Waals surface area contributed by atoms with Gasteiger partial charge in [0.2, 0.25) is 0 Å². The zero-order chi connectivity index (χ0) is 21.7. The van der Waals surface area contributed by atoms with E-state index >= 15 is 0 Å². The summed E-state index contributed by atoms with van der Waals surface area (Å²) in [5.41, 5.74) is 4.53. The number of halogens is 1. The summed E-state index contributed by atoms with van der Waals surface area (Å²) in [4.78, 5) is 0. The molecule has 0 aliphatic heterocycles. The molecule has 3 heteroatoms. The van der Waals surface area contributed by atoms with Crippen LogP contribution in [-0.4, -0.2) is 7.11 Å². The van der Waals surface area contributed by atoms with Gasteiger partial charge in [-0.15, -0.1) is 0 Å². The Morgan fingerprint density at radius 1 is 0.867 bits per heavy atom. The number of methoxy groups -OCH3 is 1. The minimum atomic E-state index is -0.267. The lowest BCUT2D eigenvalue weighted by Crippen LogP contribution is -2.22. The predicted molar refractivity (Wildman–Crippen MR) is 121 cm³/mol. The van der Waals surface area contributed by atoms with Crippen LogP contribution in [0.5, 0.6) is 5.75 Å². The Kier molecular flexibility index (Phi) is 6.94. The summed E-state index contributed by atoms with van der Waals surface area (Å²) in [6.07, 6.45) is 0.702. The summed E-state index contributed by atoms with van der Waals surface area (Å²) in [7, 11) is 1.60. The fourth-order valence-electron chi connectivity index (χ4n) is 3.69. The number of benzene rings is 3. The normalized spacial score (nSPS) is 12.6. The van der Waals surface area contributed by atoms with Gasteiger partial charge in [0, 0.05) is 5.56 Å². The Balaban J connectivity index is 2.10. The molecule has 3 aromatic rings. The fraction of sp³-hybridized carbons (Fsp3) is 0.333. The van der Waals surface area contributed by atoms with Crippen molar-refractivity contribution < 1.29 is 13.9 Å². The van der Waals surface area contributed by atoms with Crippen molar-refractivity contribution >= 4 is 0 Å². The average Bonchev–Trinajstić information content (AvgIpc) is 2.74. The second kappa shape index (κ2) is 9.44. The highest BCUT2D eigenvalue weighted by Gasteiger charge is 2.30. The summed E-state index contributed by atoms with van der Waals surface area (Å²) in [5.74, 6) is 0.367. The SMILES string of the molecule is CCc1ccc(-c2cc(OC)ccc2F)c([C@H](OCc2ccccc2)C(C)(C)C)c1. The van der Waals surface area contributed by atoms with E-state index in [9.17, 15) is 4.39 Å². The third-order valence-corrected chi connectivity index (χ3v) is 5.32. The highest BCUT2D eigenvalue weighted by atomic mass is 19.1. The Morgan fingerprint density at radius 2 is 1.60 bits per heavy atom. The molecule has 0 unspecified atom stereocenters. The average molecular weight is 407 g/mol. The van der Waals surface area contributed by atoms with Crippen molar-refractivity contribution in [2.24, 2.45) is 5.41 Å². The van der Waals surface area contributed by atoms with Crippen molar-refractivity contribution in [1.29, 1.82) is 0 Å². The summed E-state index contributed by atoms with van der Waals surface area (Å²) >= 11 is 0. The van der Waals surface area contributed by atoms with Gasteiger partial charge in [-0.3, -0.25) is 0 Å². The molecule has 3 aromatic carbocycles. The molecule has 0 bridgehead atoms. The first-order valence-corrected chi connectivity index (χ1v) is 10.5. The molecule has 0 aliphatic carbocycles. The quantitative estimate of drug-likeness (QED) is 0.408. The van der Waals surface area contributed by atoms with Crippen LogP contribution in [-0.2, 0) is 17.8 Å². The molecule has 30 heavy (non-hydrogen) atoms. The molecule has 1 atom stereocenters. The topological polar surface area (TPSA) is 18.5 Å². The summed E-state index contributed by atoms with van der Waals surface area (Å²) in [6, 6.07) is 21.2. The second-order valence-corrected chi connectivity index (χ2v) is 8.66. The Labute approximate surface area is 179 Å². The van der Waals surface area contributed by atoms with Crippen LogP contribution < -0.4 is 4.74 Å². The van der Waals surface area contributed by atoms with Crippen LogP contribution in [0.25, 0.3) is 11.1 Å². The molecule has 0 fully saturated rings. The van der Waals surface area contributed by atoms with Gasteiger partial charge in [0.25, 0.3) is 0 Å². The zero-order valence-electron chi connectivity index (χ0n) is 18.5. The van der Waals surface area contributed by atoms with Gasteiger partial charge in [0.1, 0.15) is 11.6 Å². The number of hydrogen-bond acceptors (Lipinski definition) is 2. The smallest absolute Gasteiger partial charge is 0.131 e. The van der Waals surface area contributed by atoms with E-state index in [1.54, 1.807) is 19.2 Å². The van der Waals surface area contributed by atoms with Gasteiger partial charge >= 0.3 is 0 Å². The van der Waals surface area contributed by atoms with Crippen molar-refractivity contribution in [3.63, 3.8) is 0 Å². The third-order valence-electron chi connectivity index (χ3n) is 5.32. The fourth-order valence-corrected chi connectivity index (χ4v) is 3.69. The highest BCUT2D eigenvalue weighted by molar-refractivity contribution is 5.70. The molecule has 0 saturated heterocycles. The molecule has 3 rings (SSSR count). The molecule has 0 saturated carbocycles. The molecule has 0 aliphatic rings. The molecule has 0 N–H and O–H groups in total. The zero-order valence-corrected chi connectivity index (χ0v) is 18.5. The van der Waals surface area contributed by atoms with E-state index in [-0.39, 0.29) is 17.3 Å². The van der Waals surface area contributed by atoms with E-state index in [1.807, 2.05) is 24.3 Å². The maximum absolute atomic E-state index is 14.9. The lowest BCUT2D eigenvalue weighted by atomic mass is 9.80. The third kappa shape index (κ3) is 5.09. The van der Waals surface area contributed by atoms with E-state index in [2.05, 4.69) is 52.0 Å². The van der Waals surface area contributed by atoms with Gasteiger partial charge in [0.05, 0.1) is 19.8 Å². The minimum Gasteiger partial charge on any atom is -0.497 e. The van der Waals surface area contributed by atoms with Crippen molar-refractivity contribution in [3.8, 4) is 16.9 Å². The maximum atomic E-state index is 14.9. The van der Waals surface area contributed by atoms with Crippen LogP contribution in [0.15, 0.2) is 66.7 Å². The maximum Gasteiger partial charge on any atom is 0.131 e. The summed E-state index contributed by atoms with van der Waals surface area (Å²) < 4.78 is 26.7. The lowest BCUT2D eigenvalue weighted by molar-refractivity contribution is -0.0301. The van der Waals surface area contributed by atoms with Crippen LogP contribution >= 0.6 is 0 Å². The van der Waals surface area contributed by atoms with Crippen LogP contribution in [0.1, 0.15) is 50.5 Å². The Hall–Kier alpha value is -2.65. The van der Waals surface area contributed by atoms with Crippen LogP contribution in [0.3, 0.4) is 0 Å². The van der Waals surface area contributed by atoms with Gasteiger partial charge in [0.15, 0.2) is 0 Å². The molecular weight excluding hydrogens is 375 g/mol. The van der Waals surface area contributed by atoms with Gasteiger partial charge in [-0.1, -0.05) is 76.2 Å². The van der Waals surface area contributed by atoms with Crippen molar-refractivity contribution in [1.82, 2.24) is 0 Å². The first kappa shape index (κ1) is 22.0. The van der Waals surface area contributed by atoms with Crippen LogP contribution in [0, 0.1) is 11.2 Å². The first-order chi connectivity index (χ1) is 14.3. The predicted octanol–water partition coefficient (Wildman–Crippen LogP) is 7.37. The van der Waals surface area contributed by atoms with E-state index in [1.165, 1.54) is 11.6 Å². The van der Waals surface area contributed by atoms with Gasteiger partial charge < -0.3 is 9.47 Å². The van der Waals surface area contributed by atoms with E-state index in [4.69, 9.17) is 9.47 Å². The van der Waals surface area contributed by atoms with Crippen molar-refractivity contribution in [2.75, 3.05) is 7.11 Å². The number of hydrogen-bond donors (Lipinski definition) is 0. The standard InChI is InChI=1S/C27H31FO2/c1-6-19-12-14-22(23-17-21(29-5)13-15-25(23)28)24(16-19)26(27(2,3)4)30-18-20-10-8-7-9-11-20/h7-17,26H,6,18H2,1-5H3/t26-/m0/s1. The van der Waals surface area contributed by atoms with Crippen molar-refractivity contribution in [3.05, 3.63) is 89.2 Å². The van der Waals surface area contributed by atoms with Crippen LogP contribution in [0.2, 0.25) is 0 Å². The highest BCUT2D eigenvalue weighted by Crippen LogP contribution is 2.43. The Bertz CT molecular complexity index is 974. The minimum absolute atomic E-state index is 0.175. The van der Waals surface area contributed by atoms with Gasteiger partial charge in [-0.05, 0) is 52.3 Å². The number of aryl methyl sites for hydroxylation is 1. The first-order valence-electron chi connectivity index (χ1n) is 10.5. The number of rotatable bonds is 7. The largest absolute Gasteiger partial charge is 0.497 e. The number of ether oxygens (including phenoxy) is 2. The molecule has 0 heterocycles. The second-order valence-electron chi connectivity index (χ2n) is 8.66. The lowest BCUT2D eigenvalue weighted by Gasteiger charge is -2.33. The van der Waals surface area contributed by atoms with Crippen LogP contribution in [0.4, 0.5) is 4.39 Å². The summed E-state index contributed by atoms with van der Waals surface area (Å²) in [5, 5.41) is 0. The molecule has 158 valence electrons. The van der Waals surface area contributed by atoms with Gasteiger partial charge in [-0.2, -0.15) is 0 Å².